The molecule has 92 valence electrons. The van der Waals surface area contributed by atoms with Crippen molar-refractivity contribution in [1.82, 2.24) is 0 Å². The van der Waals surface area contributed by atoms with Crippen molar-refractivity contribution >= 4 is 0 Å². The second-order valence-electron chi connectivity index (χ2n) is 5.64. The zero-order valence-electron chi connectivity index (χ0n) is 10.5. The van der Waals surface area contributed by atoms with E-state index in [0.717, 1.165) is 23.1 Å². The second kappa shape index (κ2) is 4.34. The SMILES string of the molecule is Cc1ccc(CN)cc1OC1CC2CCC1C2. The summed E-state index contributed by atoms with van der Waals surface area (Å²) in [5, 5.41) is 0. The smallest absolute Gasteiger partial charge is 0.122 e. The number of hydrogen-bond donors (Lipinski definition) is 1. The van der Waals surface area contributed by atoms with Gasteiger partial charge in [0.2, 0.25) is 0 Å². The summed E-state index contributed by atoms with van der Waals surface area (Å²) >= 11 is 0. The molecule has 0 amide bonds. The van der Waals surface area contributed by atoms with E-state index in [1.807, 2.05) is 0 Å². The van der Waals surface area contributed by atoms with Crippen LogP contribution < -0.4 is 10.5 Å². The van der Waals surface area contributed by atoms with E-state index in [0.29, 0.717) is 12.6 Å². The Labute approximate surface area is 103 Å². The third kappa shape index (κ3) is 2.06. The van der Waals surface area contributed by atoms with Crippen LogP contribution in [0.1, 0.15) is 36.8 Å². The monoisotopic (exact) mass is 231 g/mol. The van der Waals surface area contributed by atoms with Gasteiger partial charge in [0.15, 0.2) is 0 Å². The number of ether oxygens (including phenoxy) is 1. The van der Waals surface area contributed by atoms with Crippen molar-refractivity contribution in [3.8, 4) is 5.75 Å². The second-order valence-corrected chi connectivity index (χ2v) is 5.64. The summed E-state index contributed by atoms with van der Waals surface area (Å²) < 4.78 is 6.23. The average molecular weight is 231 g/mol. The standard InChI is InChI=1S/C15H21NO/c1-10-2-3-12(9-16)8-14(10)17-15-7-11-4-5-13(15)6-11/h2-3,8,11,13,15H,4-7,9,16H2,1H3. The third-order valence-corrected chi connectivity index (χ3v) is 4.44. The van der Waals surface area contributed by atoms with E-state index < -0.39 is 0 Å². The van der Waals surface area contributed by atoms with Crippen LogP contribution in [0, 0.1) is 18.8 Å². The first kappa shape index (κ1) is 11.1. The summed E-state index contributed by atoms with van der Waals surface area (Å²) in [4.78, 5) is 0. The maximum absolute atomic E-state index is 6.23. The number of fused-ring (bicyclic) bond motifs is 2. The predicted octanol–water partition coefficient (Wildman–Crippen LogP) is 3.02. The minimum absolute atomic E-state index is 0.459. The first-order chi connectivity index (χ1) is 8.26. The fourth-order valence-electron chi connectivity index (χ4n) is 3.39. The first-order valence-corrected chi connectivity index (χ1v) is 6.72. The van der Waals surface area contributed by atoms with Gasteiger partial charge in [-0.2, -0.15) is 0 Å². The van der Waals surface area contributed by atoms with Crippen molar-refractivity contribution < 1.29 is 4.74 Å². The number of aryl methyl sites for hydroxylation is 1. The molecule has 2 N–H and O–H groups in total. The van der Waals surface area contributed by atoms with Gasteiger partial charge < -0.3 is 10.5 Å². The molecule has 1 aromatic carbocycles. The lowest BCUT2D eigenvalue weighted by Gasteiger charge is -2.24. The molecular weight excluding hydrogens is 210 g/mol. The van der Waals surface area contributed by atoms with Crippen LogP contribution in [-0.4, -0.2) is 6.10 Å². The number of nitrogens with two attached hydrogens (primary N) is 1. The van der Waals surface area contributed by atoms with Crippen LogP contribution >= 0.6 is 0 Å². The molecule has 0 aliphatic heterocycles. The molecule has 17 heavy (non-hydrogen) atoms. The molecule has 3 atom stereocenters. The van der Waals surface area contributed by atoms with Crippen LogP contribution in [0.2, 0.25) is 0 Å². The molecule has 2 aliphatic carbocycles. The van der Waals surface area contributed by atoms with E-state index in [4.69, 9.17) is 10.5 Å². The highest BCUT2D eigenvalue weighted by Gasteiger charge is 2.41. The van der Waals surface area contributed by atoms with Crippen molar-refractivity contribution in [3.05, 3.63) is 29.3 Å². The van der Waals surface area contributed by atoms with Gasteiger partial charge in [-0.25, -0.2) is 0 Å². The topological polar surface area (TPSA) is 35.2 Å². The zero-order chi connectivity index (χ0) is 11.8. The van der Waals surface area contributed by atoms with Gasteiger partial charge in [0, 0.05) is 6.54 Å². The van der Waals surface area contributed by atoms with Crippen LogP contribution in [0.3, 0.4) is 0 Å². The molecule has 0 radical (unpaired) electrons. The lowest BCUT2D eigenvalue weighted by Crippen LogP contribution is -2.23. The van der Waals surface area contributed by atoms with E-state index in [-0.39, 0.29) is 0 Å². The Hall–Kier alpha value is -1.02. The van der Waals surface area contributed by atoms with Gasteiger partial charge in [-0.3, -0.25) is 0 Å². The molecule has 0 saturated heterocycles. The minimum atomic E-state index is 0.459. The zero-order valence-corrected chi connectivity index (χ0v) is 10.5. The van der Waals surface area contributed by atoms with Crippen LogP contribution in [-0.2, 0) is 6.54 Å². The molecule has 2 heteroatoms. The molecule has 1 aromatic rings. The molecule has 0 heterocycles. The Morgan fingerprint density at radius 1 is 1.29 bits per heavy atom. The number of rotatable bonds is 3. The molecule has 3 unspecified atom stereocenters. The maximum Gasteiger partial charge on any atom is 0.122 e. The summed E-state index contributed by atoms with van der Waals surface area (Å²) in [7, 11) is 0. The van der Waals surface area contributed by atoms with E-state index >= 15 is 0 Å². The average Bonchev–Trinajstić information content (AvgIpc) is 2.94. The van der Waals surface area contributed by atoms with Crippen LogP contribution in [0.4, 0.5) is 0 Å². The molecule has 2 aliphatic rings. The fourth-order valence-corrected chi connectivity index (χ4v) is 3.39. The first-order valence-electron chi connectivity index (χ1n) is 6.72. The van der Waals surface area contributed by atoms with Crippen LogP contribution in [0.15, 0.2) is 18.2 Å². The lowest BCUT2D eigenvalue weighted by atomic mass is 9.97. The molecule has 2 fully saturated rings. The van der Waals surface area contributed by atoms with Crippen LogP contribution in [0.25, 0.3) is 0 Å². The van der Waals surface area contributed by atoms with Crippen molar-refractivity contribution in [2.75, 3.05) is 0 Å². The molecule has 2 bridgehead atoms. The van der Waals surface area contributed by atoms with Gasteiger partial charge in [0.1, 0.15) is 11.9 Å². The van der Waals surface area contributed by atoms with Gasteiger partial charge in [-0.05, 0) is 61.6 Å². The van der Waals surface area contributed by atoms with E-state index in [2.05, 4.69) is 25.1 Å². The highest BCUT2D eigenvalue weighted by Crippen LogP contribution is 2.46. The Balaban J connectivity index is 1.76. The highest BCUT2D eigenvalue weighted by atomic mass is 16.5. The molecule has 2 nitrogen and oxygen atoms in total. The molecule has 0 spiro atoms. The molecule has 3 rings (SSSR count). The van der Waals surface area contributed by atoms with Crippen molar-refractivity contribution in [1.29, 1.82) is 0 Å². The summed E-state index contributed by atoms with van der Waals surface area (Å²) in [6.45, 7) is 2.70. The molecule has 0 aromatic heterocycles. The molecule has 2 saturated carbocycles. The summed E-state index contributed by atoms with van der Waals surface area (Å²) in [5.74, 6) is 2.79. The fraction of sp³-hybridized carbons (Fsp3) is 0.600. The lowest BCUT2D eigenvalue weighted by molar-refractivity contribution is 0.137. The van der Waals surface area contributed by atoms with Crippen LogP contribution in [0.5, 0.6) is 5.75 Å². The number of hydrogen-bond acceptors (Lipinski definition) is 2. The van der Waals surface area contributed by atoms with Gasteiger partial charge in [0.25, 0.3) is 0 Å². The van der Waals surface area contributed by atoms with Gasteiger partial charge in [-0.1, -0.05) is 12.1 Å². The quantitative estimate of drug-likeness (QED) is 0.868. The molecular formula is C15H21NO. The Bertz CT molecular complexity index is 415. The summed E-state index contributed by atoms with van der Waals surface area (Å²) in [6.07, 6.45) is 5.90. The summed E-state index contributed by atoms with van der Waals surface area (Å²) in [5.41, 5.74) is 8.07. The number of benzene rings is 1. The largest absolute Gasteiger partial charge is 0.490 e. The van der Waals surface area contributed by atoms with Gasteiger partial charge in [-0.15, -0.1) is 0 Å². The van der Waals surface area contributed by atoms with E-state index in [1.165, 1.54) is 31.2 Å². The van der Waals surface area contributed by atoms with E-state index in [1.54, 1.807) is 0 Å². The normalized spacial score (nSPS) is 30.8. The van der Waals surface area contributed by atoms with Gasteiger partial charge in [0.05, 0.1) is 0 Å². The predicted molar refractivity (Wildman–Crippen MR) is 68.9 cm³/mol. The van der Waals surface area contributed by atoms with Crippen molar-refractivity contribution in [2.45, 2.75) is 45.3 Å². The van der Waals surface area contributed by atoms with Crippen molar-refractivity contribution in [2.24, 2.45) is 17.6 Å². The summed E-state index contributed by atoms with van der Waals surface area (Å²) in [6, 6.07) is 6.31. The third-order valence-electron chi connectivity index (χ3n) is 4.44. The van der Waals surface area contributed by atoms with E-state index in [9.17, 15) is 0 Å². The van der Waals surface area contributed by atoms with Crippen molar-refractivity contribution in [3.63, 3.8) is 0 Å². The Kier molecular flexibility index (Phi) is 2.83. The Morgan fingerprint density at radius 3 is 2.82 bits per heavy atom. The highest BCUT2D eigenvalue weighted by molar-refractivity contribution is 5.36. The minimum Gasteiger partial charge on any atom is -0.490 e. The van der Waals surface area contributed by atoms with Gasteiger partial charge >= 0.3 is 0 Å². The Morgan fingerprint density at radius 2 is 2.18 bits per heavy atom. The maximum atomic E-state index is 6.23.